The van der Waals surface area contributed by atoms with Crippen LogP contribution >= 0.6 is 0 Å². The maximum atomic E-state index is 4.90. The number of imidazole rings is 1. The number of aromatic amines is 1. The molecule has 0 atom stereocenters. The summed E-state index contributed by atoms with van der Waals surface area (Å²) >= 11 is 0. The van der Waals surface area contributed by atoms with E-state index >= 15 is 0 Å². The molecule has 5 heterocycles. The van der Waals surface area contributed by atoms with E-state index in [1.807, 2.05) is 47.4 Å². The summed E-state index contributed by atoms with van der Waals surface area (Å²) in [6.07, 6.45) is 8.87. The van der Waals surface area contributed by atoms with E-state index in [1.54, 1.807) is 0 Å². The Bertz CT molecular complexity index is 1300. The van der Waals surface area contributed by atoms with Gasteiger partial charge in [-0.1, -0.05) is 19.4 Å². The van der Waals surface area contributed by atoms with Gasteiger partial charge in [0, 0.05) is 25.0 Å². The van der Waals surface area contributed by atoms with Crippen molar-refractivity contribution in [1.29, 1.82) is 0 Å². The lowest BCUT2D eigenvalue weighted by atomic mass is 10.2. The van der Waals surface area contributed by atoms with Crippen molar-refractivity contribution >= 4 is 11.2 Å². The molecule has 0 saturated heterocycles. The van der Waals surface area contributed by atoms with E-state index in [0.717, 1.165) is 58.9 Å². The molecule has 31 heavy (non-hydrogen) atoms. The van der Waals surface area contributed by atoms with E-state index < -0.39 is 0 Å². The Kier molecular flexibility index (Phi) is 4.99. The molecule has 0 unspecified atom stereocenters. The molecular weight excluding hydrogens is 390 g/mol. The van der Waals surface area contributed by atoms with Crippen LogP contribution in [-0.4, -0.2) is 44.7 Å². The van der Waals surface area contributed by atoms with Gasteiger partial charge in [-0.2, -0.15) is 5.21 Å². The Morgan fingerprint density at radius 1 is 1.10 bits per heavy atom. The Labute approximate surface area is 179 Å². The lowest BCUT2D eigenvalue weighted by Crippen LogP contribution is -2.07. The van der Waals surface area contributed by atoms with Crippen LogP contribution in [-0.2, 0) is 13.0 Å². The monoisotopic (exact) mass is 413 g/mol. The van der Waals surface area contributed by atoms with Crippen molar-refractivity contribution in [2.45, 2.75) is 39.7 Å². The van der Waals surface area contributed by atoms with Crippen LogP contribution in [0.25, 0.3) is 28.5 Å². The number of pyridine rings is 2. The van der Waals surface area contributed by atoms with Gasteiger partial charge in [-0.25, -0.2) is 15.0 Å². The van der Waals surface area contributed by atoms with E-state index in [0.29, 0.717) is 12.4 Å². The number of hydrogen-bond acceptors (Lipinski definition) is 6. The van der Waals surface area contributed by atoms with Gasteiger partial charge in [0.25, 0.3) is 0 Å². The Morgan fingerprint density at radius 2 is 2.03 bits per heavy atom. The minimum Gasteiger partial charge on any atom is -0.308 e. The summed E-state index contributed by atoms with van der Waals surface area (Å²) < 4.78 is 4.16. The highest BCUT2D eigenvalue weighted by atomic mass is 15.5. The molecule has 0 radical (unpaired) electrons. The van der Waals surface area contributed by atoms with Crippen molar-refractivity contribution in [3.05, 3.63) is 65.9 Å². The van der Waals surface area contributed by atoms with Gasteiger partial charge in [-0.15, -0.1) is 10.2 Å². The summed E-state index contributed by atoms with van der Waals surface area (Å²) in [6, 6.07) is 9.98. The molecule has 0 saturated carbocycles. The molecule has 0 bridgehead atoms. The van der Waals surface area contributed by atoms with Crippen LogP contribution in [0.1, 0.15) is 36.7 Å². The second-order valence-electron chi connectivity index (χ2n) is 7.54. The van der Waals surface area contributed by atoms with E-state index in [1.165, 1.54) is 0 Å². The van der Waals surface area contributed by atoms with Crippen molar-refractivity contribution in [2.24, 2.45) is 0 Å². The molecule has 156 valence electrons. The minimum absolute atomic E-state index is 0.530. The fraction of sp³-hybridized carbons (Fsp3) is 0.273. The standard InChI is InChI=1S/C22H23N9/c1-3-4-7-19-25-20-15(2)10-11-23-22(20)31(19)14-16-8-9-18(24-13-16)30-12-5-6-17(30)21-26-28-29-27-21/h5-6,8-13H,3-4,7,14H2,1-2H3,(H,26,27,28,29). The van der Waals surface area contributed by atoms with Crippen LogP contribution < -0.4 is 0 Å². The van der Waals surface area contributed by atoms with Gasteiger partial charge in [0.05, 0.1) is 12.2 Å². The van der Waals surface area contributed by atoms with Gasteiger partial charge in [0.2, 0.25) is 5.82 Å². The molecule has 0 aliphatic carbocycles. The van der Waals surface area contributed by atoms with Crippen molar-refractivity contribution in [2.75, 3.05) is 0 Å². The zero-order chi connectivity index (χ0) is 21.2. The molecule has 0 amide bonds. The van der Waals surface area contributed by atoms with Gasteiger partial charge in [0.15, 0.2) is 5.65 Å². The molecule has 9 nitrogen and oxygen atoms in total. The quantitative estimate of drug-likeness (QED) is 0.438. The number of nitrogens with zero attached hydrogens (tertiary/aromatic N) is 8. The molecule has 5 rings (SSSR count). The first-order chi connectivity index (χ1) is 15.2. The van der Waals surface area contributed by atoms with Crippen LogP contribution in [0.2, 0.25) is 0 Å². The molecule has 9 heteroatoms. The van der Waals surface area contributed by atoms with Crippen LogP contribution in [0.3, 0.4) is 0 Å². The largest absolute Gasteiger partial charge is 0.308 e. The summed E-state index contributed by atoms with van der Waals surface area (Å²) in [5.41, 5.74) is 4.99. The van der Waals surface area contributed by atoms with E-state index in [9.17, 15) is 0 Å². The third-order valence-electron chi connectivity index (χ3n) is 5.39. The molecule has 0 fully saturated rings. The number of H-pyrrole nitrogens is 1. The van der Waals surface area contributed by atoms with E-state index in [2.05, 4.69) is 55.1 Å². The number of unbranched alkanes of at least 4 members (excludes halogenated alkanes) is 1. The highest BCUT2D eigenvalue weighted by molar-refractivity contribution is 5.75. The van der Waals surface area contributed by atoms with Crippen LogP contribution in [0.15, 0.2) is 48.9 Å². The van der Waals surface area contributed by atoms with Crippen LogP contribution in [0.5, 0.6) is 0 Å². The number of aryl methyl sites for hydroxylation is 2. The first-order valence-electron chi connectivity index (χ1n) is 10.4. The van der Waals surface area contributed by atoms with Crippen LogP contribution in [0.4, 0.5) is 0 Å². The fourth-order valence-electron chi connectivity index (χ4n) is 3.74. The molecule has 0 aromatic carbocycles. The third-order valence-corrected chi connectivity index (χ3v) is 5.39. The summed E-state index contributed by atoms with van der Waals surface area (Å²) in [7, 11) is 0. The maximum Gasteiger partial charge on any atom is 0.221 e. The summed E-state index contributed by atoms with van der Waals surface area (Å²) in [4.78, 5) is 14.2. The van der Waals surface area contributed by atoms with Gasteiger partial charge in [-0.05, 0) is 54.0 Å². The molecule has 5 aromatic heterocycles. The van der Waals surface area contributed by atoms with Gasteiger partial charge in [0.1, 0.15) is 17.2 Å². The lowest BCUT2D eigenvalue weighted by Gasteiger charge is -2.10. The summed E-state index contributed by atoms with van der Waals surface area (Å²) in [6.45, 7) is 4.96. The highest BCUT2D eigenvalue weighted by Crippen LogP contribution is 2.22. The smallest absolute Gasteiger partial charge is 0.221 e. The van der Waals surface area contributed by atoms with Gasteiger partial charge >= 0.3 is 0 Å². The predicted molar refractivity (Wildman–Crippen MR) is 117 cm³/mol. The maximum absolute atomic E-state index is 4.90. The Hall–Kier alpha value is -3.88. The zero-order valence-corrected chi connectivity index (χ0v) is 17.5. The number of hydrogen-bond donors (Lipinski definition) is 1. The summed E-state index contributed by atoms with van der Waals surface area (Å²) in [5.74, 6) is 2.40. The normalized spacial score (nSPS) is 11.4. The average molecular weight is 413 g/mol. The zero-order valence-electron chi connectivity index (χ0n) is 17.5. The molecule has 0 aliphatic heterocycles. The minimum atomic E-state index is 0.530. The second-order valence-corrected chi connectivity index (χ2v) is 7.54. The number of tetrazole rings is 1. The van der Waals surface area contributed by atoms with Gasteiger partial charge in [-0.3, -0.25) is 4.57 Å². The van der Waals surface area contributed by atoms with Crippen LogP contribution in [0, 0.1) is 6.92 Å². The lowest BCUT2D eigenvalue weighted by molar-refractivity contribution is 0.685. The third kappa shape index (κ3) is 3.58. The first kappa shape index (κ1) is 19.1. The van der Waals surface area contributed by atoms with Crippen molar-refractivity contribution in [3.8, 4) is 17.3 Å². The molecule has 0 aliphatic rings. The Morgan fingerprint density at radius 3 is 2.81 bits per heavy atom. The van der Waals surface area contributed by atoms with E-state index in [-0.39, 0.29) is 0 Å². The predicted octanol–water partition coefficient (Wildman–Crippen LogP) is 3.50. The highest BCUT2D eigenvalue weighted by Gasteiger charge is 2.15. The SMILES string of the molecule is CCCCc1nc2c(C)ccnc2n1Cc1ccc(-n2cccc2-c2nn[nH]n2)nc1. The van der Waals surface area contributed by atoms with Crippen molar-refractivity contribution in [1.82, 2.24) is 44.7 Å². The number of nitrogens with one attached hydrogen (secondary N) is 1. The molecule has 1 N–H and O–H groups in total. The topological polar surface area (TPSA) is 103 Å². The number of rotatable bonds is 7. The number of fused-ring (bicyclic) bond motifs is 1. The molecule has 5 aromatic rings. The van der Waals surface area contributed by atoms with E-state index in [4.69, 9.17) is 4.98 Å². The fourth-order valence-corrected chi connectivity index (χ4v) is 3.74. The van der Waals surface area contributed by atoms with Crippen molar-refractivity contribution < 1.29 is 0 Å². The number of aromatic nitrogens is 9. The van der Waals surface area contributed by atoms with Crippen molar-refractivity contribution in [3.63, 3.8) is 0 Å². The Balaban J connectivity index is 1.46. The second kappa shape index (κ2) is 8.10. The summed E-state index contributed by atoms with van der Waals surface area (Å²) in [5, 5.41) is 14.3. The molecule has 0 spiro atoms. The average Bonchev–Trinajstić information content (AvgIpc) is 3.54. The first-order valence-corrected chi connectivity index (χ1v) is 10.4. The van der Waals surface area contributed by atoms with Gasteiger partial charge < -0.3 is 4.57 Å². The molecular formula is C22H23N9.